The third-order valence-electron chi connectivity index (χ3n) is 10.3. The zero-order valence-electron chi connectivity index (χ0n) is 29.2. The van der Waals surface area contributed by atoms with Crippen LogP contribution in [-0.2, 0) is 0 Å². The van der Waals surface area contributed by atoms with Gasteiger partial charge in [0.25, 0.3) is 0 Å². The van der Waals surface area contributed by atoms with E-state index in [1.807, 2.05) is 0 Å². The number of hydrogen-bond acceptors (Lipinski definition) is 0. The number of fused-ring (bicyclic) bond motifs is 2. The first kappa shape index (κ1) is 32.6. The zero-order chi connectivity index (χ0) is 34.2. The summed E-state index contributed by atoms with van der Waals surface area (Å²) in [6.07, 6.45) is 5.14. The van der Waals surface area contributed by atoms with Gasteiger partial charge in [0.15, 0.2) is 0 Å². The van der Waals surface area contributed by atoms with E-state index in [0.717, 1.165) is 0 Å². The summed E-state index contributed by atoms with van der Waals surface area (Å²) in [5, 5.41) is 8.27. The Morgan fingerprint density at radius 2 is 0.800 bits per heavy atom. The van der Waals surface area contributed by atoms with Gasteiger partial charge in [-0.15, -0.1) is 0 Å². The number of rotatable bonds is 7. The first-order valence-corrected chi connectivity index (χ1v) is 20.2. The van der Waals surface area contributed by atoms with Crippen molar-refractivity contribution in [1.29, 1.82) is 0 Å². The molecule has 0 fully saturated rings. The Bertz CT molecular complexity index is 2110. The fraction of sp³-hybridized carbons (Fsp3) is 0.125. The summed E-state index contributed by atoms with van der Waals surface area (Å²) < 4.78 is 0. The van der Waals surface area contributed by atoms with Crippen LogP contribution in [0.15, 0.2) is 170 Å². The van der Waals surface area contributed by atoms with E-state index in [4.69, 9.17) is 0 Å². The molecule has 0 aliphatic heterocycles. The van der Waals surface area contributed by atoms with Crippen molar-refractivity contribution in [3.8, 4) is 0 Å². The van der Waals surface area contributed by atoms with E-state index in [9.17, 15) is 0 Å². The maximum absolute atomic E-state index is 2.68. The molecular weight excluding hydrogens is 638 g/mol. The van der Waals surface area contributed by atoms with Crippen LogP contribution in [0.4, 0.5) is 0 Å². The van der Waals surface area contributed by atoms with Crippen LogP contribution >= 0.6 is 15.8 Å². The Balaban J connectivity index is 1.57. The van der Waals surface area contributed by atoms with Gasteiger partial charge in [0.2, 0.25) is 0 Å². The molecule has 50 heavy (non-hydrogen) atoms. The smallest absolute Gasteiger partial charge is 0.0557 e. The molecule has 7 aromatic carbocycles. The molecule has 8 rings (SSSR count). The average molecular weight is 681 g/mol. The van der Waals surface area contributed by atoms with Crippen LogP contribution in [0.5, 0.6) is 0 Å². The van der Waals surface area contributed by atoms with E-state index in [1.54, 1.807) is 0 Å². The van der Waals surface area contributed by atoms with Crippen molar-refractivity contribution in [3.05, 3.63) is 209 Å². The molecule has 0 bridgehead atoms. The summed E-state index contributed by atoms with van der Waals surface area (Å²) in [5.41, 5.74) is 9.27. The van der Waals surface area contributed by atoms with Gasteiger partial charge in [0, 0.05) is 5.92 Å². The summed E-state index contributed by atoms with van der Waals surface area (Å²) in [4.78, 5) is -0.335. The van der Waals surface area contributed by atoms with E-state index in [0.29, 0.717) is 0 Å². The second-order valence-electron chi connectivity index (χ2n) is 13.8. The largest absolute Gasteiger partial charge is 0.0670 e. The van der Waals surface area contributed by atoms with E-state index in [1.165, 1.54) is 70.9 Å². The lowest BCUT2D eigenvalue weighted by atomic mass is 9.79. The molecule has 2 heteroatoms. The van der Waals surface area contributed by atoms with E-state index in [2.05, 4.69) is 204 Å². The fourth-order valence-electron chi connectivity index (χ4n) is 7.77. The van der Waals surface area contributed by atoms with Gasteiger partial charge in [-0.3, -0.25) is 0 Å². The molecule has 0 saturated heterocycles. The molecule has 0 amide bonds. The third-order valence-corrected chi connectivity index (χ3v) is 17.0. The van der Waals surface area contributed by atoms with Crippen LogP contribution in [0.2, 0.25) is 0 Å². The maximum atomic E-state index is 2.68. The van der Waals surface area contributed by atoms with Gasteiger partial charge >= 0.3 is 0 Å². The Morgan fingerprint density at radius 1 is 0.400 bits per heavy atom. The van der Waals surface area contributed by atoms with Crippen LogP contribution in [-0.4, -0.2) is 4.90 Å². The molecule has 1 aliphatic rings. The Hall–Kier alpha value is -4.60. The highest BCUT2D eigenvalue weighted by molar-refractivity contribution is 7.91. The Kier molecular flexibility index (Phi) is 8.87. The van der Waals surface area contributed by atoms with Crippen LogP contribution in [0.3, 0.4) is 0 Å². The van der Waals surface area contributed by atoms with Gasteiger partial charge < -0.3 is 0 Å². The van der Waals surface area contributed by atoms with Gasteiger partial charge in [-0.1, -0.05) is 198 Å². The highest BCUT2D eigenvalue weighted by atomic mass is 31.2. The molecule has 0 saturated carbocycles. The van der Waals surface area contributed by atoms with Crippen molar-refractivity contribution < 1.29 is 0 Å². The number of benzene rings is 7. The minimum atomic E-state index is -0.981. The Labute approximate surface area is 300 Å². The average Bonchev–Trinajstić information content (AvgIpc) is 3.15. The molecular formula is C48H42P2. The predicted molar refractivity (Wildman–Crippen MR) is 221 cm³/mol. The molecule has 1 aliphatic carbocycles. The molecule has 1 atom stereocenters. The summed E-state index contributed by atoms with van der Waals surface area (Å²) in [5.74, 6) is 0.0808. The van der Waals surface area contributed by atoms with Crippen LogP contribution in [0.25, 0.3) is 16.8 Å². The van der Waals surface area contributed by atoms with Gasteiger partial charge in [-0.2, -0.15) is 0 Å². The van der Waals surface area contributed by atoms with Gasteiger partial charge in [-0.25, -0.2) is 0 Å². The summed E-state index contributed by atoms with van der Waals surface area (Å²) in [7, 11) is -1.96. The van der Waals surface area contributed by atoms with Crippen molar-refractivity contribution in [2.24, 2.45) is 0 Å². The maximum Gasteiger partial charge on any atom is 0.0557 e. The standard InChI is InChI=1S/C48H42P2/c1-34-16-24-40(25-17-34)49(41-26-18-35(2)19-27-41)48(50(42-28-20-36(3)21-29-42)43-30-22-37(4)23-31-43)33-32-39-11-6-8-14-45(39)47(48)46-15-9-12-38-10-5-7-13-44(38)46/h5-33,47H,1-4H3. The van der Waals surface area contributed by atoms with Gasteiger partial charge in [0.05, 0.1) is 4.90 Å². The first-order chi connectivity index (χ1) is 24.4. The molecule has 0 N–H and O–H groups in total. The van der Waals surface area contributed by atoms with Crippen LogP contribution in [0, 0.1) is 27.7 Å². The van der Waals surface area contributed by atoms with Crippen LogP contribution < -0.4 is 21.2 Å². The number of allylic oxidation sites excluding steroid dienone is 1. The molecule has 7 aromatic rings. The minimum absolute atomic E-state index is 0.0808. The third kappa shape index (κ3) is 5.86. The fourth-order valence-corrected chi connectivity index (χ4v) is 15.5. The minimum Gasteiger partial charge on any atom is -0.0670 e. The summed E-state index contributed by atoms with van der Waals surface area (Å²) in [6, 6.07) is 63.1. The SMILES string of the molecule is Cc1ccc(P(c2ccc(C)cc2)C2(P(c3ccc(C)cc3)c3ccc(C)cc3)C=Cc3ccccc3C2c2cccc3ccccc23)cc1. The lowest BCUT2D eigenvalue weighted by Gasteiger charge is -2.53. The molecule has 0 aromatic heterocycles. The van der Waals surface area contributed by atoms with E-state index in [-0.39, 0.29) is 10.8 Å². The van der Waals surface area contributed by atoms with Crippen molar-refractivity contribution >= 4 is 53.9 Å². The van der Waals surface area contributed by atoms with Crippen molar-refractivity contribution in [2.75, 3.05) is 0 Å². The zero-order valence-corrected chi connectivity index (χ0v) is 31.0. The topological polar surface area (TPSA) is 0 Å². The highest BCUT2D eigenvalue weighted by Gasteiger charge is 2.54. The van der Waals surface area contributed by atoms with Crippen molar-refractivity contribution in [1.82, 2.24) is 0 Å². The Morgan fingerprint density at radius 3 is 1.30 bits per heavy atom. The predicted octanol–water partition coefficient (Wildman–Crippen LogP) is 11.2. The monoisotopic (exact) mass is 680 g/mol. The van der Waals surface area contributed by atoms with Crippen molar-refractivity contribution in [3.63, 3.8) is 0 Å². The molecule has 244 valence electrons. The summed E-state index contributed by atoms with van der Waals surface area (Å²) in [6.45, 7) is 8.81. The second kappa shape index (κ2) is 13.6. The molecule has 0 spiro atoms. The molecule has 0 heterocycles. The molecule has 0 nitrogen and oxygen atoms in total. The normalized spacial score (nSPS) is 15.0. The highest BCUT2D eigenvalue weighted by Crippen LogP contribution is 2.73. The summed E-state index contributed by atoms with van der Waals surface area (Å²) >= 11 is 0. The van der Waals surface area contributed by atoms with Gasteiger partial charge in [0.1, 0.15) is 0 Å². The number of aryl methyl sites for hydroxylation is 4. The second-order valence-corrected chi connectivity index (χ2v) is 19.0. The lowest BCUT2D eigenvalue weighted by Crippen LogP contribution is -2.44. The first-order valence-electron chi connectivity index (χ1n) is 17.6. The van der Waals surface area contributed by atoms with E-state index < -0.39 is 15.8 Å². The molecule has 1 unspecified atom stereocenters. The van der Waals surface area contributed by atoms with Crippen molar-refractivity contribution in [2.45, 2.75) is 38.5 Å². The van der Waals surface area contributed by atoms with Crippen LogP contribution in [0.1, 0.15) is 44.9 Å². The lowest BCUT2D eigenvalue weighted by molar-refractivity contribution is 0.787. The number of hydrogen-bond donors (Lipinski definition) is 0. The van der Waals surface area contributed by atoms with E-state index >= 15 is 0 Å². The van der Waals surface area contributed by atoms with Gasteiger partial charge in [-0.05, 0) is 92.2 Å². The quantitative estimate of drug-likeness (QED) is 0.147. The molecule has 0 radical (unpaired) electrons.